The fourth-order valence-electron chi connectivity index (χ4n) is 2.87. The Kier molecular flexibility index (Phi) is 4.62. The molecule has 0 spiro atoms. The highest BCUT2D eigenvalue weighted by Crippen LogP contribution is 2.25. The van der Waals surface area contributed by atoms with Crippen LogP contribution in [0, 0.1) is 0 Å². The highest BCUT2D eigenvalue weighted by Gasteiger charge is 2.25. The summed E-state index contributed by atoms with van der Waals surface area (Å²) in [6.07, 6.45) is 2.64. The second kappa shape index (κ2) is 6.68. The largest absolute Gasteiger partial charge is 0.362 e. The first-order valence-corrected chi connectivity index (χ1v) is 8.70. The average Bonchev–Trinajstić information content (AvgIpc) is 3.02. The molecule has 0 saturated heterocycles. The van der Waals surface area contributed by atoms with E-state index in [2.05, 4.69) is 9.97 Å². The smallest absolute Gasteiger partial charge is 0.227 e. The van der Waals surface area contributed by atoms with Gasteiger partial charge >= 0.3 is 0 Å². The summed E-state index contributed by atoms with van der Waals surface area (Å²) in [6, 6.07) is 1.81. The van der Waals surface area contributed by atoms with Crippen molar-refractivity contribution in [2.24, 2.45) is 0 Å². The number of hydrogen-bond acceptors (Lipinski definition) is 6. The summed E-state index contributed by atoms with van der Waals surface area (Å²) in [5.74, 6) is 1.04. The zero-order valence-corrected chi connectivity index (χ0v) is 14.9. The van der Waals surface area contributed by atoms with Crippen LogP contribution in [0.4, 0.5) is 5.82 Å². The Bertz CT molecular complexity index is 785. The predicted octanol–water partition coefficient (Wildman–Crippen LogP) is 1.93. The first kappa shape index (κ1) is 16.6. The molecule has 0 radical (unpaired) electrons. The van der Waals surface area contributed by atoms with Crippen LogP contribution in [0.5, 0.6) is 0 Å². The third kappa shape index (κ3) is 3.31. The molecule has 0 aliphatic carbocycles. The molecule has 1 amide bonds. The van der Waals surface area contributed by atoms with Gasteiger partial charge in [0.05, 0.1) is 23.5 Å². The number of hydrogen-bond donors (Lipinski definition) is 0. The fraction of sp³-hybridized carbons (Fsp3) is 0.412. The molecule has 7 heteroatoms. The van der Waals surface area contributed by atoms with Gasteiger partial charge < -0.3 is 9.80 Å². The number of aromatic nitrogens is 2. The van der Waals surface area contributed by atoms with E-state index in [1.54, 1.807) is 13.3 Å². The minimum absolute atomic E-state index is 0.0403. The Morgan fingerprint density at radius 3 is 2.79 bits per heavy atom. The van der Waals surface area contributed by atoms with Crippen LogP contribution in [0.2, 0.25) is 0 Å². The van der Waals surface area contributed by atoms with Crippen LogP contribution >= 0.6 is 11.3 Å². The first-order valence-electron chi connectivity index (χ1n) is 7.82. The van der Waals surface area contributed by atoms with Crippen molar-refractivity contribution in [3.8, 4) is 0 Å². The van der Waals surface area contributed by atoms with Crippen LogP contribution in [0.1, 0.15) is 33.4 Å². The number of carbonyl (C=O) groups excluding carboxylic acids is 2. The minimum atomic E-state index is 0.0403. The molecule has 0 aromatic carbocycles. The summed E-state index contributed by atoms with van der Waals surface area (Å²) in [7, 11) is 3.92. The summed E-state index contributed by atoms with van der Waals surface area (Å²) in [6.45, 7) is 2.73. The van der Waals surface area contributed by atoms with E-state index >= 15 is 0 Å². The summed E-state index contributed by atoms with van der Waals surface area (Å²) < 4.78 is 0. The third-order valence-corrected chi connectivity index (χ3v) is 5.20. The Balaban J connectivity index is 1.71. The number of carbonyl (C=O) groups is 2. The quantitative estimate of drug-likeness (QED) is 0.793. The summed E-state index contributed by atoms with van der Waals surface area (Å²) in [4.78, 5) is 37.1. The Morgan fingerprint density at radius 2 is 2.12 bits per heavy atom. The lowest BCUT2D eigenvalue weighted by molar-refractivity contribution is -0.131. The van der Waals surface area contributed by atoms with Gasteiger partial charge in [0.2, 0.25) is 5.91 Å². The molecule has 2 aromatic rings. The maximum atomic E-state index is 12.6. The van der Waals surface area contributed by atoms with Gasteiger partial charge in [0, 0.05) is 26.2 Å². The van der Waals surface area contributed by atoms with Crippen LogP contribution in [0.25, 0.3) is 0 Å². The van der Waals surface area contributed by atoms with Crippen LogP contribution in [-0.4, -0.2) is 47.2 Å². The summed E-state index contributed by atoms with van der Waals surface area (Å²) in [5.41, 5.74) is 2.95. The molecule has 2 aromatic heterocycles. The second-order valence-corrected chi connectivity index (χ2v) is 7.05. The predicted molar refractivity (Wildman–Crippen MR) is 93.5 cm³/mol. The van der Waals surface area contributed by atoms with Crippen molar-refractivity contribution in [1.82, 2.24) is 14.9 Å². The number of nitrogens with zero attached hydrogens (tertiary/aromatic N) is 4. The molecule has 6 nitrogen and oxygen atoms in total. The van der Waals surface area contributed by atoms with Gasteiger partial charge in [-0.3, -0.25) is 9.59 Å². The van der Waals surface area contributed by atoms with E-state index in [9.17, 15) is 9.59 Å². The van der Waals surface area contributed by atoms with Crippen molar-refractivity contribution in [2.75, 3.05) is 25.5 Å². The van der Waals surface area contributed by atoms with Gasteiger partial charge in [-0.2, -0.15) is 0 Å². The van der Waals surface area contributed by atoms with Crippen LogP contribution in [0.3, 0.4) is 0 Å². The number of fused-ring (bicyclic) bond motifs is 1. The van der Waals surface area contributed by atoms with Gasteiger partial charge in [-0.25, -0.2) is 9.97 Å². The molecule has 24 heavy (non-hydrogen) atoms. The van der Waals surface area contributed by atoms with E-state index in [1.165, 1.54) is 11.3 Å². The maximum Gasteiger partial charge on any atom is 0.227 e. The highest BCUT2D eigenvalue weighted by molar-refractivity contribution is 7.12. The molecule has 0 bridgehead atoms. The molecule has 126 valence electrons. The van der Waals surface area contributed by atoms with E-state index in [4.69, 9.17) is 0 Å². The van der Waals surface area contributed by atoms with Gasteiger partial charge in [0.1, 0.15) is 12.1 Å². The summed E-state index contributed by atoms with van der Waals surface area (Å²) in [5, 5.41) is 1.89. The van der Waals surface area contributed by atoms with Crippen molar-refractivity contribution in [3.63, 3.8) is 0 Å². The van der Waals surface area contributed by atoms with Crippen molar-refractivity contribution in [2.45, 2.75) is 26.3 Å². The van der Waals surface area contributed by atoms with Gasteiger partial charge in [-0.1, -0.05) is 0 Å². The van der Waals surface area contributed by atoms with Crippen molar-refractivity contribution in [3.05, 3.63) is 39.5 Å². The van der Waals surface area contributed by atoms with Gasteiger partial charge in [-0.05, 0) is 30.4 Å². The van der Waals surface area contributed by atoms with Crippen LogP contribution < -0.4 is 4.90 Å². The molecular weight excluding hydrogens is 324 g/mol. The lowest BCUT2D eigenvalue weighted by Gasteiger charge is -2.30. The standard InChI is InChI=1S/C17H20N4O2S/c1-11(22)15-6-12(9-24-15)7-16(23)21-5-4-13-14(8-21)18-10-19-17(13)20(2)3/h6,9-10H,4-5,7-8H2,1-3H3. The number of amides is 1. The van der Waals surface area contributed by atoms with E-state index in [-0.39, 0.29) is 11.7 Å². The lowest BCUT2D eigenvalue weighted by atomic mass is 10.0. The van der Waals surface area contributed by atoms with Crippen molar-refractivity contribution < 1.29 is 9.59 Å². The highest BCUT2D eigenvalue weighted by atomic mass is 32.1. The van der Waals surface area contributed by atoms with E-state index < -0.39 is 0 Å². The molecule has 1 aliphatic rings. The number of thiophene rings is 1. The zero-order valence-electron chi connectivity index (χ0n) is 14.1. The molecule has 3 rings (SSSR count). The number of Topliss-reactive ketones (excluding diaryl/α,β-unsaturated/α-hetero) is 1. The average molecular weight is 344 g/mol. The van der Waals surface area contributed by atoms with Crippen molar-refractivity contribution in [1.29, 1.82) is 0 Å². The summed E-state index contributed by atoms with van der Waals surface area (Å²) >= 11 is 1.39. The molecular formula is C17H20N4O2S. The van der Waals surface area contributed by atoms with Crippen molar-refractivity contribution >= 4 is 28.8 Å². The SMILES string of the molecule is CC(=O)c1cc(CC(=O)N2CCc3c(ncnc3N(C)C)C2)cs1. The molecule has 0 atom stereocenters. The van der Waals surface area contributed by atoms with E-state index in [0.717, 1.165) is 29.1 Å². The van der Waals surface area contributed by atoms with E-state index in [0.29, 0.717) is 24.4 Å². The first-order chi connectivity index (χ1) is 11.5. The second-order valence-electron chi connectivity index (χ2n) is 6.13. The zero-order chi connectivity index (χ0) is 17.3. The van der Waals surface area contributed by atoms with E-state index in [1.807, 2.05) is 35.3 Å². The Labute approximate surface area is 145 Å². The molecule has 0 N–H and O–H groups in total. The Hall–Kier alpha value is -2.28. The number of rotatable bonds is 4. The Morgan fingerprint density at radius 1 is 1.33 bits per heavy atom. The number of ketones is 1. The van der Waals surface area contributed by atoms with Gasteiger partial charge in [-0.15, -0.1) is 11.3 Å². The number of anilines is 1. The van der Waals surface area contributed by atoms with Gasteiger partial charge in [0.25, 0.3) is 0 Å². The lowest BCUT2D eigenvalue weighted by Crippen LogP contribution is -2.38. The molecule has 0 saturated carbocycles. The molecule has 0 unspecified atom stereocenters. The maximum absolute atomic E-state index is 12.6. The monoisotopic (exact) mass is 344 g/mol. The third-order valence-electron chi connectivity index (χ3n) is 4.12. The molecule has 0 fully saturated rings. The van der Waals surface area contributed by atoms with Crippen LogP contribution in [0.15, 0.2) is 17.8 Å². The minimum Gasteiger partial charge on any atom is -0.362 e. The molecule has 3 heterocycles. The fourth-order valence-corrected chi connectivity index (χ4v) is 3.69. The molecule has 1 aliphatic heterocycles. The van der Waals surface area contributed by atoms with Crippen LogP contribution in [-0.2, 0) is 24.2 Å². The normalized spacial score (nSPS) is 13.5. The topological polar surface area (TPSA) is 66.4 Å². The van der Waals surface area contributed by atoms with Gasteiger partial charge in [0.15, 0.2) is 5.78 Å².